The minimum atomic E-state index is -0.500. The van der Waals surface area contributed by atoms with Gasteiger partial charge < -0.3 is 10.2 Å². The molecule has 0 aromatic rings. The standard InChI is InChI=1S/C8H16IN3O2/c1-3-7(14)4-12(11-10)8(9)6(2)5-13/h7,10,13-14H,3-5H2,1-2H3/b8-6+,11-10?/t7-/m0/s1. The topological polar surface area (TPSA) is 79.9 Å². The van der Waals surface area contributed by atoms with Gasteiger partial charge in [0.05, 0.1) is 19.3 Å². The molecule has 1 atom stereocenters. The third-order valence-electron chi connectivity index (χ3n) is 1.79. The van der Waals surface area contributed by atoms with Gasteiger partial charge in [-0.25, -0.2) is 5.01 Å². The lowest BCUT2D eigenvalue weighted by molar-refractivity contribution is 0.126. The summed E-state index contributed by atoms with van der Waals surface area (Å²) in [5, 5.41) is 22.9. The van der Waals surface area contributed by atoms with Crippen molar-refractivity contribution in [2.45, 2.75) is 26.4 Å². The van der Waals surface area contributed by atoms with Gasteiger partial charge in [0.15, 0.2) is 0 Å². The smallest absolute Gasteiger partial charge is 0.100 e. The minimum Gasteiger partial charge on any atom is -0.392 e. The Balaban J connectivity index is 4.48. The lowest BCUT2D eigenvalue weighted by Gasteiger charge is -2.20. The molecule has 0 aliphatic heterocycles. The second kappa shape index (κ2) is 7.13. The molecular formula is C8H16IN3O2. The molecule has 0 radical (unpaired) electrons. The minimum absolute atomic E-state index is 0.0630. The van der Waals surface area contributed by atoms with Crippen LogP contribution in [-0.4, -0.2) is 34.5 Å². The first-order valence-corrected chi connectivity index (χ1v) is 5.43. The maximum atomic E-state index is 9.39. The van der Waals surface area contributed by atoms with Crippen LogP contribution in [0.4, 0.5) is 0 Å². The van der Waals surface area contributed by atoms with E-state index in [1.54, 1.807) is 6.92 Å². The highest BCUT2D eigenvalue weighted by atomic mass is 127. The summed E-state index contributed by atoms with van der Waals surface area (Å²) in [6.07, 6.45) is 0.119. The van der Waals surface area contributed by atoms with Crippen LogP contribution in [0.5, 0.6) is 0 Å². The summed E-state index contributed by atoms with van der Waals surface area (Å²) >= 11 is 2.00. The van der Waals surface area contributed by atoms with Gasteiger partial charge in [-0.05, 0) is 41.5 Å². The van der Waals surface area contributed by atoms with Crippen molar-refractivity contribution in [1.29, 1.82) is 5.53 Å². The van der Waals surface area contributed by atoms with Crippen molar-refractivity contribution in [1.82, 2.24) is 5.01 Å². The van der Waals surface area contributed by atoms with Crippen LogP contribution in [0.25, 0.3) is 0 Å². The van der Waals surface area contributed by atoms with Gasteiger partial charge in [0, 0.05) is 0 Å². The van der Waals surface area contributed by atoms with Gasteiger partial charge in [0.2, 0.25) is 0 Å². The first-order valence-electron chi connectivity index (χ1n) is 4.35. The van der Waals surface area contributed by atoms with E-state index >= 15 is 0 Å². The van der Waals surface area contributed by atoms with E-state index in [-0.39, 0.29) is 13.2 Å². The summed E-state index contributed by atoms with van der Waals surface area (Å²) in [6.45, 7) is 3.85. The fraction of sp³-hybridized carbons (Fsp3) is 0.750. The quantitative estimate of drug-likeness (QED) is 0.302. The van der Waals surface area contributed by atoms with Crippen molar-refractivity contribution in [2.75, 3.05) is 13.2 Å². The van der Waals surface area contributed by atoms with E-state index in [9.17, 15) is 5.11 Å². The zero-order chi connectivity index (χ0) is 11.1. The van der Waals surface area contributed by atoms with Gasteiger partial charge in [-0.1, -0.05) is 12.1 Å². The second-order valence-electron chi connectivity index (χ2n) is 2.97. The van der Waals surface area contributed by atoms with Crippen molar-refractivity contribution in [2.24, 2.45) is 5.22 Å². The third kappa shape index (κ3) is 4.34. The molecule has 0 saturated carbocycles. The number of hydrogen-bond donors (Lipinski definition) is 3. The van der Waals surface area contributed by atoms with Crippen molar-refractivity contribution in [3.05, 3.63) is 9.28 Å². The SMILES string of the molecule is CC[C@H](O)CN(N=N)/C(I)=C(\C)CO. The molecule has 0 aromatic heterocycles. The summed E-state index contributed by atoms with van der Waals surface area (Å²) in [6, 6.07) is 0. The number of aliphatic hydroxyl groups excluding tert-OH is 2. The molecule has 0 bridgehead atoms. The molecular weight excluding hydrogens is 297 g/mol. The zero-order valence-electron chi connectivity index (χ0n) is 8.37. The largest absolute Gasteiger partial charge is 0.392 e. The molecule has 14 heavy (non-hydrogen) atoms. The predicted octanol–water partition coefficient (Wildman–Crippen LogP) is 1.66. The molecule has 0 aromatic carbocycles. The Morgan fingerprint density at radius 2 is 2.21 bits per heavy atom. The molecule has 0 fully saturated rings. The fourth-order valence-electron chi connectivity index (χ4n) is 0.779. The van der Waals surface area contributed by atoms with Gasteiger partial charge in [-0.3, -0.25) is 0 Å². The molecule has 0 heterocycles. The summed E-state index contributed by atoms with van der Waals surface area (Å²) in [5.41, 5.74) is 7.69. The lowest BCUT2D eigenvalue weighted by atomic mass is 10.3. The van der Waals surface area contributed by atoms with Crippen molar-refractivity contribution < 1.29 is 10.2 Å². The molecule has 0 unspecified atom stereocenters. The van der Waals surface area contributed by atoms with Crippen LogP contribution in [0.15, 0.2) is 14.5 Å². The van der Waals surface area contributed by atoms with E-state index in [1.807, 2.05) is 29.5 Å². The van der Waals surface area contributed by atoms with E-state index in [0.29, 0.717) is 10.1 Å². The van der Waals surface area contributed by atoms with E-state index in [1.165, 1.54) is 5.01 Å². The van der Waals surface area contributed by atoms with Crippen LogP contribution in [0, 0.1) is 5.53 Å². The Kier molecular flexibility index (Phi) is 7.02. The number of aliphatic hydroxyl groups is 2. The van der Waals surface area contributed by atoms with E-state index in [4.69, 9.17) is 10.6 Å². The van der Waals surface area contributed by atoms with Gasteiger partial charge in [0.25, 0.3) is 0 Å². The summed E-state index contributed by atoms with van der Waals surface area (Å²) < 4.78 is 0.688. The second-order valence-corrected chi connectivity index (χ2v) is 4.00. The molecule has 6 heteroatoms. The average molecular weight is 313 g/mol. The molecule has 0 spiro atoms. The van der Waals surface area contributed by atoms with Gasteiger partial charge >= 0.3 is 0 Å². The third-order valence-corrected chi connectivity index (χ3v) is 3.27. The molecule has 82 valence electrons. The van der Waals surface area contributed by atoms with Gasteiger partial charge in [-0.15, -0.1) is 0 Å². The van der Waals surface area contributed by atoms with E-state index in [0.717, 1.165) is 5.57 Å². The number of nitrogens with one attached hydrogen (secondary N) is 1. The predicted molar refractivity (Wildman–Crippen MR) is 62.0 cm³/mol. The van der Waals surface area contributed by atoms with Crippen molar-refractivity contribution in [3.8, 4) is 0 Å². The van der Waals surface area contributed by atoms with E-state index < -0.39 is 6.10 Å². The highest BCUT2D eigenvalue weighted by Gasteiger charge is 2.12. The average Bonchev–Trinajstić information content (AvgIpc) is 2.23. The first kappa shape index (κ1) is 13.8. The zero-order valence-corrected chi connectivity index (χ0v) is 10.5. The van der Waals surface area contributed by atoms with Crippen molar-refractivity contribution in [3.63, 3.8) is 0 Å². The molecule has 0 aliphatic rings. The molecule has 0 aliphatic carbocycles. The molecule has 3 N–H and O–H groups in total. The highest BCUT2D eigenvalue weighted by molar-refractivity contribution is 14.1. The Hall–Kier alpha value is -0.210. The number of nitrogens with zero attached hydrogens (tertiary/aromatic N) is 2. The van der Waals surface area contributed by atoms with Crippen molar-refractivity contribution >= 4 is 22.6 Å². The Morgan fingerprint density at radius 3 is 2.57 bits per heavy atom. The molecule has 0 saturated heterocycles. The van der Waals surface area contributed by atoms with E-state index in [2.05, 4.69) is 5.22 Å². The number of hydrogen-bond acceptors (Lipinski definition) is 4. The Morgan fingerprint density at radius 1 is 1.64 bits per heavy atom. The van der Waals surface area contributed by atoms with Gasteiger partial charge in [-0.2, -0.15) is 5.53 Å². The Labute approximate surface area is 97.4 Å². The first-order chi connectivity index (χ1) is 6.56. The molecule has 5 nitrogen and oxygen atoms in total. The normalized spacial score (nSPS) is 14.6. The number of rotatable bonds is 6. The van der Waals surface area contributed by atoms with Crippen LogP contribution >= 0.6 is 22.6 Å². The molecule has 0 amide bonds. The van der Waals surface area contributed by atoms with Crippen LogP contribution in [0.1, 0.15) is 20.3 Å². The van der Waals surface area contributed by atoms with Gasteiger partial charge in [0.1, 0.15) is 3.70 Å². The Bertz CT molecular complexity index is 221. The van der Waals surface area contributed by atoms with Crippen LogP contribution < -0.4 is 0 Å². The monoisotopic (exact) mass is 313 g/mol. The molecule has 0 rings (SSSR count). The maximum absolute atomic E-state index is 9.39. The summed E-state index contributed by atoms with van der Waals surface area (Å²) in [7, 11) is 0. The van der Waals surface area contributed by atoms with Crippen LogP contribution in [0.3, 0.4) is 0 Å². The summed E-state index contributed by atoms with van der Waals surface area (Å²) in [5.74, 6) is 0. The fourth-order valence-corrected chi connectivity index (χ4v) is 1.25. The highest BCUT2D eigenvalue weighted by Crippen LogP contribution is 2.18. The number of halogens is 1. The lowest BCUT2D eigenvalue weighted by Crippen LogP contribution is -2.26. The maximum Gasteiger partial charge on any atom is 0.100 e. The summed E-state index contributed by atoms with van der Waals surface area (Å²) in [4.78, 5) is 0. The van der Waals surface area contributed by atoms with Crippen LogP contribution in [0.2, 0.25) is 0 Å². The van der Waals surface area contributed by atoms with Crippen LogP contribution in [-0.2, 0) is 0 Å².